The summed E-state index contributed by atoms with van der Waals surface area (Å²) >= 11 is 15.0. The van der Waals surface area contributed by atoms with Crippen LogP contribution in [0.25, 0.3) is 0 Å². The molecular weight excluding hydrogens is 833 g/mol. The molecule has 4 atom stereocenters. The summed E-state index contributed by atoms with van der Waals surface area (Å²) in [5.41, 5.74) is 0. The van der Waals surface area contributed by atoms with E-state index in [9.17, 15) is 0 Å². The van der Waals surface area contributed by atoms with Gasteiger partial charge in [0, 0.05) is 24.6 Å². The average molecular weight is 841 g/mol. The van der Waals surface area contributed by atoms with Crippen LogP contribution in [0.1, 0.15) is 0 Å². The maximum Gasteiger partial charge on any atom is 0.0366 e. The SMILES string of the molecule is I[CH]C(I)C(I)C(I)C(I)CI. The monoisotopic (exact) mass is 840 g/mol. The molecule has 0 aliphatic heterocycles. The summed E-state index contributed by atoms with van der Waals surface area (Å²) in [5.74, 6) is 0. The molecule has 0 saturated carbocycles. The molecule has 0 amide bonds. The van der Waals surface area contributed by atoms with Crippen LogP contribution in [-0.2, 0) is 0 Å². The van der Waals surface area contributed by atoms with E-state index in [1.807, 2.05) is 0 Å². The lowest BCUT2D eigenvalue weighted by Crippen LogP contribution is -2.31. The fourth-order valence-electron chi connectivity index (χ4n) is 0.530. The minimum atomic E-state index is 0.686. The number of hydrogen-bond acceptors (Lipinski definition) is 0. The van der Waals surface area contributed by atoms with Gasteiger partial charge in [-0.25, -0.2) is 0 Å². The van der Waals surface area contributed by atoms with Crippen molar-refractivity contribution in [2.24, 2.45) is 0 Å². The minimum absolute atomic E-state index is 0.686. The fourth-order valence-corrected chi connectivity index (χ4v) is 7.19. The molecule has 0 aliphatic rings. The first-order valence-corrected chi connectivity index (χ1v) is 10.9. The topological polar surface area (TPSA) is 0 Å². The van der Waals surface area contributed by atoms with Crippen LogP contribution in [-0.4, -0.2) is 20.1 Å². The zero-order valence-electron chi connectivity index (χ0n) is 5.86. The number of alkyl halides is 5. The van der Waals surface area contributed by atoms with Gasteiger partial charge in [0.05, 0.1) is 0 Å². The molecular formula is C6H7I6. The summed E-state index contributed by atoms with van der Waals surface area (Å²) in [6, 6.07) is 0. The molecule has 0 aliphatic carbocycles. The minimum Gasteiger partial charge on any atom is -0.0852 e. The average Bonchev–Trinajstić information content (AvgIpc) is 2.12. The van der Waals surface area contributed by atoms with E-state index in [-0.39, 0.29) is 0 Å². The zero-order valence-corrected chi connectivity index (χ0v) is 18.8. The van der Waals surface area contributed by atoms with Gasteiger partial charge in [-0.15, -0.1) is 0 Å². The van der Waals surface area contributed by atoms with Crippen molar-refractivity contribution >= 4 is 136 Å². The van der Waals surface area contributed by atoms with Crippen LogP contribution in [0.15, 0.2) is 0 Å². The second-order valence-electron chi connectivity index (χ2n) is 2.13. The lowest BCUT2D eigenvalue weighted by molar-refractivity contribution is 0.875. The highest BCUT2D eigenvalue weighted by atomic mass is 127. The number of hydrogen-bond donors (Lipinski definition) is 0. The predicted octanol–water partition coefficient (Wildman–Crippen LogP) is 5.23. The quantitative estimate of drug-likeness (QED) is 0.263. The van der Waals surface area contributed by atoms with Crippen LogP contribution in [0.2, 0.25) is 0 Å². The van der Waals surface area contributed by atoms with Crippen molar-refractivity contribution in [3.63, 3.8) is 0 Å². The van der Waals surface area contributed by atoms with E-state index in [1.165, 1.54) is 4.43 Å². The summed E-state index contributed by atoms with van der Waals surface area (Å²) in [6.45, 7) is 0. The highest BCUT2D eigenvalue weighted by Gasteiger charge is 2.27. The van der Waals surface area contributed by atoms with E-state index in [0.717, 1.165) is 11.8 Å². The Morgan fingerprint density at radius 3 is 1.83 bits per heavy atom. The van der Waals surface area contributed by atoms with E-state index in [4.69, 9.17) is 0 Å². The van der Waals surface area contributed by atoms with Crippen molar-refractivity contribution < 1.29 is 0 Å². The van der Waals surface area contributed by atoms with Gasteiger partial charge in [-0.2, -0.15) is 0 Å². The lowest BCUT2D eigenvalue weighted by Gasteiger charge is -2.23. The summed E-state index contributed by atoms with van der Waals surface area (Å²) in [6.07, 6.45) is 0. The smallest absolute Gasteiger partial charge is 0.0366 e. The van der Waals surface area contributed by atoms with E-state index in [0.29, 0.717) is 3.92 Å². The van der Waals surface area contributed by atoms with Crippen LogP contribution in [0, 0.1) is 4.43 Å². The normalized spacial score (nSPS) is 21.5. The van der Waals surface area contributed by atoms with E-state index in [2.05, 4.69) is 140 Å². The van der Waals surface area contributed by atoms with Crippen molar-refractivity contribution in [1.29, 1.82) is 0 Å². The predicted molar refractivity (Wildman–Crippen MR) is 108 cm³/mol. The summed E-state index contributed by atoms with van der Waals surface area (Å²) < 4.78 is 6.50. The molecule has 12 heavy (non-hydrogen) atoms. The first-order chi connectivity index (χ1) is 5.54. The van der Waals surface area contributed by atoms with Crippen LogP contribution in [0.5, 0.6) is 0 Å². The standard InChI is InChI=1S/C6H7I6/c7-1-3(9)5(11)6(12)4(10)2-8/h1,3-6H,2H2. The van der Waals surface area contributed by atoms with Gasteiger partial charge < -0.3 is 0 Å². The molecule has 0 bridgehead atoms. The molecule has 0 spiro atoms. The molecule has 0 saturated heterocycles. The Kier molecular flexibility index (Phi) is 12.9. The van der Waals surface area contributed by atoms with Crippen LogP contribution in [0.4, 0.5) is 0 Å². The second-order valence-corrected chi connectivity index (χ2v) is 9.64. The Hall–Kier alpha value is 4.38. The highest BCUT2D eigenvalue weighted by molar-refractivity contribution is 14.1. The Labute approximate surface area is 156 Å². The molecule has 0 aromatic carbocycles. The molecule has 1 radical (unpaired) electrons. The van der Waals surface area contributed by atoms with Crippen molar-refractivity contribution in [3.05, 3.63) is 4.43 Å². The van der Waals surface area contributed by atoms with Gasteiger partial charge in [-0.05, 0) is 0 Å². The third kappa shape index (κ3) is 6.20. The van der Waals surface area contributed by atoms with Gasteiger partial charge in [0.15, 0.2) is 0 Å². The van der Waals surface area contributed by atoms with E-state index >= 15 is 0 Å². The van der Waals surface area contributed by atoms with Gasteiger partial charge >= 0.3 is 0 Å². The molecule has 73 valence electrons. The largest absolute Gasteiger partial charge is 0.0852 e. The molecule has 0 N–H and O–H groups in total. The molecule has 4 unspecified atom stereocenters. The first kappa shape index (κ1) is 16.4. The molecule has 0 aromatic heterocycles. The highest BCUT2D eigenvalue weighted by Crippen LogP contribution is 2.32. The summed E-state index contributed by atoms with van der Waals surface area (Å²) in [4.78, 5) is 0. The summed E-state index contributed by atoms with van der Waals surface area (Å²) in [5, 5.41) is 0. The van der Waals surface area contributed by atoms with Crippen LogP contribution < -0.4 is 0 Å². The molecule has 0 rings (SSSR count). The number of rotatable bonds is 5. The third-order valence-electron chi connectivity index (χ3n) is 1.22. The molecule has 0 heterocycles. The fraction of sp³-hybridized carbons (Fsp3) is 0.833. The van der Waals surface area contributed by atoms with Gasteiger partial charge in [0.2, 0.25) is 0 Å². The third-order valence-corrected chi connectivity index (χ3v) is 15.7. The van der Waals surface area contributed by atoms with Crippen LogP contribution >= 0.6 is 136 Å². The van der Waals surface area contributed by atoms with Crippen molar-refractivity contribution in [2.75, 3.05) is 4.43 Å². The first-order valence-electron chi connectivity index (χ1n) is 3.10. The molecule has 0 nitrogen and oxygen atoms in total. The zero-order chi connectivity index (χ0) is 9.72. The second kappa shape index (κ2) is 9.41. The maximum atomic E-state index is 2.58. The Bertz CT molecular complexity index is 105. The Balaban J connectivity index is 3.99. The van der Waals surface area contributed by atoms with Gasteiger partial charge in [0.1, 0.15) is 0 Å². The number of halogens is 6. The van der Waals surface area contributed by atoms with Gasteiger partial charge in [-0.3, -0.25) is 0 Å². The Morgan fingerprint density at radius 2 is 1.50 bits per heavy atom. The maximum absolute atomic E-state index is 2.58. The summed E-state index contributed by atoms with van der Waals surface area (Å²) in [7, 11) is 0. The van der Waals surface area contributed by atoms with Crippen molar-refractivity contribution in [2.45, 2.75) is 15.7 Å². The van der Waals surface area contributed by atoms with Crippen molar-refractivity contribution in [3.8, 4) is 0 Å². The molecule has 0 aromatic rings. The lowest BCUT2D eigenvalue weighted by atomic mass is 10.2. The van der Waals surface area contributed by atoms with E-state index < -0.39 is 0 Å². The Morgan fingerprint density at radius 1 is 1.00 bits per heavy atom. The van der Waals surface area contributed by atoms with Gasteiger partial charge in [0.25, 0.3) is 0 Å². The van der Waals surface area contributed by atoms with Crippen molar-refractivity contribution in [1.82, 2.24) is 0 Å². The molecule has 0 fully saturated rings. The molecule has 6 heteroatoms. The van der Waals surface area contributed by atoms with Crippen LogP contribution in [0.3, 0.4) is 0 Å². The van der Waals surface area contributed by atoms with Gasteiger partial charge in [-0.1, -0.05) is 136 Å². The van der Waals surface area contributed by atoms with E-state index in [1.54, 1.807) is 0 Å².